The fraction of sp³-hybridized carbons (Fsp3) is 0.857. The van der Waals surface area contributed by atoms with Gasteiger partial charge in [-0.25, -0.2) is 0 Å². The second kappa shape index (κ2) is 7.85. The van der Waals surface area contributed by atoms with Gasteiger partial charge in [-0.15, -0.1) is 0 Å². The molecule has 3 saturated carbocycles. The van der Waals surface area contributed by atoms with Crippen LogP contribution in [0.4, 0.5) is 0 Å². The van der Waals surface area contributed by atoms with E-state index in [2.05, 4.69) is 59.8 Å². The number of hydrogen-bond donors (Lipinski definition) is 1. The second-order valence-corrected chi connectivity index (χ2v) is 12.2. The van der Waals surface area contributed by atoms with Crippen LogP contribution in [-0.4, -0.2) is 11.2 Å². The van der Waals surface area contributed by atoms with Gasteiger partial charge in [-0.2, -0.15) is 0 Å². The average molecular weight is 399 g/mol. The van der Waals surface area contributed by atoms with Gasteiger partial charge in [0.15, 0.2) is 0 Å². The Morgan fingerprint density at radius 1 is 0.966 bits per heavy atom. The predicted molar refractivity (Wildman–Crippen MR) is 124 cm³/mol. The Kier molecular flexibility index (Phi) is 5.86. The highest BCUT2D eigenvalue weighted by molar-refractivity contribution is 5.25. The summed E-state index contributed by atoms with van der Waals surface area (Å²) in [6.45, 7) is 14.7. The number of fused-ring (bicyclic) bond motifs is 5. The van der Waals surface area contributed by atoms with Crippen LogP contribution >= 0.6 is 0 Å². The molecule has 0 heterocycles. The van der Waals surface area contributed by atoms with E-state index in [1.807, 2.05) is 0 Å². The Balaban J connectivity index is 1.53. The van der Waals surface area contributed by atoms with Crippen LogP contribution in [0, 0.1) is 52.3 Å². The molecule has 29 heavy (non-hydrogen) atoms. The summed E-state index contributed by atoms with van der Waals surface area (Å²) in [5.74, 6) is 5.63. The van der Waals surface area contributed by atoms with Crippen molar-refractivity contribution in [2.45, 2.75) is 99.0 Å². The van der Waals surface area contributed by atoms with Gasteiger partial charge in [-0.1, -0.05) is 65.3 Å². The summed E-state index contributed by atoms with van der Waals surface area (Å²) in [6.07, 6.45) is 17.7. The molecule has 0 amide bonds. The van der Waals surface area contributed by atoms with Crippen LogP contribution in [-0.2, 0) is 0 Å². The normalized spacial score (nSPS) is 46.8. The highest BCUT2D eigenvalue weighted by Gasteiger charge is 2.58. The molecule has 0 saturated heterocycles. The molecule has 0 unspecified atom stereocenters. The zero-order valence-electron chi connectivity index (χ0n) is 20.0. The molecule has 0 aromatic rings. The molecule has 0 spiro atoms. The van der Waals surface area contributed by atoms with Crippen molar-refractivity contribution < 1.29 is 5.11 Å². The Hall–Kier alpha value is -0.560. The molecule has 0 radical (unpaired) electrons. The van der Waals surface area contributed by atoms with E-state index in [0.717, 1.165) is 42.4 Å². The first kappa shape index (κ1) is 21.7. The Morgan fingerprint density at radius 2 is 1.72 bits per heavy atom. The lowest BCUT2D eigenvalue weighted by Crippen LogP contribution is -2.50. The van der Waals surface area contributed by atoms with Crippen LogP contribution in [0.15, 0.2) is 23.8 Å². The molecule has 1 nitrogen and oxygen atoms in total. The third kappa shape index (κ3) is 3.58. The van der Waals surface area contributed by atoms with Gasteiger partial charge >= 0.3 is 0 Å². The zero-order valence-corrected chi connectivity index (χ0v) is 20.0. The van der Waals surface area contributed by atoms with Crippen molar-refractivity contribution in [2.75, 3.05) is 0 Å². The van der Waals surface area contributed by atoms with Crippen LogP contribution in [0.25, 0.3) is 0 Å². The minimum absolute atomic E-state index is 0.0866. The lowest BCUT2D eigenvalue weighted by atomic mass is 9.47. The summed E-state index contributed by atoms with van der Waals surface area (Å²) in [6, 6.07) is 0. The first-order valence-corrected chi connectivity index (χ1v) is 12.7. The van der Waals surface area contributed by atoms with Gasteiger partial charge in [-0.05, 0) is 104 Å². The summed E-state index contributed by atoms with van der Waals surface area (Å²) in [7, 11) is 0. The lowest BCUT2D eigenvalue weighted by Gasteiger charge is -2.58. The standard InChI is InChI=1S/C28H46O/c1-18(2)19(3)7-8-20(4)24-11-12-25-23-10-9-21-17-22(29)13-15-27(21,5)26(23)14-16-28(24,25)6/h7-9,18-20,22-26,29H,10-17H2,1-6H3/b8-7+/t19-,20-,22-,23-,24-,25-,26+,27-,28-/m0/s1. The van der Waals surface area contributed by atoms with Gasteiger partial charge in [-0.3, -0.25) is 0 Å². The largest absolute Gasteiger partial charge is 0.393 e. The molecular weight excluding hydrogens is 352 g/mol. The van der Waals surface area contributed by atoms with Crippen molar-refractivity contribution >= 4 is 0 Å². The fourth-order valence-electron chi connectivity index (χ4n) is 8.25. The van der Waals surface area contributed by atoms with Gasteiger partial charge in [0.25, 0.3) is 0 Å². The first-order chi connectivity index (χ1) is 13.7. The van der Waals surface area contributed by atoms with Crippen molar-refractivity contribution in [3.8, 4) is 0 Å². The van der Waals surface area contributed by atoms with E-state index in [9.17, 15) is 5.11 Å². The smallest absolute Gasteiger partial charge is 0.0577 e. The van der Waals surface area contributed by atoms with Crippen LogP contribution in [0.2, 0.25) is 0 Å². The third-order valence-electron chi connectivity index (χ3n) is 10.6. The molecule has 0 bridgehead atoms. The second-order valence-electron chi connectivity index (χ2n) is 12.2. The topological polar surface area (TPSA) is 20.2 Å². The maximum atomic E-state index is 10.2. The van der Waals surface area contributed by atoms with Crippen molar-refractivity contribution in [3.63, 3.8) is 0 Å². The third-order valence-corrected chi connectivity index (χ3v) is 10.6. The molecule has 1 heteroatoms. The molecule has 4 aliphatic carbocycles. The van der Waals surface area contributed by atoms with E-state index >= 15 is 0 Å². The van der Waals surface area contributed by atoms with Gasteiger partial charge in [0.05, 0.1) is 6.10 Å². The molecule has 1 N–H and O–H groups in total. The molecule has 4 rings (SSSR count). The van der Waals surface area contributed by atoms with Gasteiger partial charge in [0, 0.05) is 0 Å². The zero-order chi connectivity index (χ0) is 21.0. The molecule has 0 aliphatic heterocycles. The minimum atomic E-state index is -0.0866. The minimum Gasteiger partial charge on any atom is -0.393 e. The van der Waals surface area contributed by atoms with Gasteiger partial charge in [0.2, 0.25) is 0 Å². The lowest BCUT2D eigenvalue weighted by molar-refractivity contribution is -0.0540. The van der Waals surface area contributed by atoms with Gasteiger partial charge in [0.1, 0.15) is 0 Å². The van der Waals surface area contributed by atoms with Crippen LogP contribution in [0.1, 0.15) is 92.9 Å². The summed E-state index contributed by atoms with van der Waals surface area (Å²) in [5.41, 5.74) is 2.51. The molecule has 9 atom stereocenters. The van der Waals surface area contributed by atoms with Crippen molar-refractivity contribution in [1.29, 1.82) is 0 Å². The summed E-state index contributed by atoms with van der Waals surface area (Å²) < 4.78 is 0. The Bertz CT molecular complexity index is 659. The highest BCUT2D eigenvalue weighted by atomic mass is 16.3. The molecule has 0 aromatic heterocycles. The van der Waals surface area contributed by atoms with E-state index in [1.54, 1.807) is 5.57 Å². The average Bonchev–Trinajstić information content (AvgIpc) is 3.03. The Morgan fingerprint density at radius 3 is 2.45 bits per heavy atom. The van der Waals surface area contributed by atoms with Crippen LogP contribution < -0.4 is 0 Å². The number of rotatable bonds is 4. The number of allylic oxidation sites excluding steroid dienone is 3. The highest BCUT2D eigenvalue weighted by Crippen LogP contribution is 2.67. The van der Waals surface area contributed by atoms with E-state index in [0.29, 0.717) is 22.7 Å². The SMILES string of the molecule is CC(C)[C@@H](C)/C=C/[C@H](C)[C@@H]1CC[C@H]2[C@@H]3CC=C4C[C@@H](O)CC[C@]4(C)[C@@H]3CC[C@]21C. The van der Waals surface area contributed by atoms with E-state index in [1.165, 1.54) is 38.5 Å². The molecule has 4 aliphatic rings. The molecule has 0 aromatic carbocycles. The van der Waals surface area contributed by atoms with E-state index in [4.69, 9.17) is 0 Å². The summed E-state index contributed by atoms with van der Waals surface area (Å²) in [4.78, 5) is 0. The van der Waals surface area contributed by atoms with E-state index < -0.39 is 0 Å². The van der Waals surface area contributed by atoms with Crippen LogP contribution in [0.3, 0.4) is 0 Å². The first-order valence-electron chi connectivity index (χ1n) is 12.7. The fourth-order valence-corrected chi connectivity index (χ4v) is 8.25. The van der Waals surface area contributed by atoms with Crippen LogP contribution in [0.5, 0.6) is 0 Å². The monoisotopic (exact) mass is 398 g/mol. The van der Waals surface area contributed by atoms with Gasteiger partial charge < -0.3 is 5.11 Å². The molecular formula is C28H46O. The van der Waals surface area contributed by atoms with E-state index in [-0.39, 0.29) is 6.10 Å². The number of aliphatic hydroxyl groups is 1. The quantitative estimate of drug-likeness (QED) is 0.489. The Labute approximate surface area is 180 Å². The maximum Gasteiger partial charge on any atom is 0.0577 e. The number of aliphatic hydroxyl groups excluding tert-OH is 1. The molecule has 3 fully saturated rings. The maximum absolute atomic E-state index is 10.2. The summed E-state index contributed by atoms with van der Waals surface area (Å²) in [5, 5.41) is 10.2. The predicted octanol–water partition coefficient (Wildman–Crippen LogP) is 7.41. The summed E-state index contributed by atoms with van der Waals surface area (Å²) >= 11 is 0. The number of hydrogen-bond acceptors (Lipinski definition) is 1. The van der Waals surface area contributed by atoms with Crippen molar-refractivity contribution in [2.24, 2.45) is 52.3 Å². The molecule has 164 valence electrons. The van der Waals surface area contributed by atoms with Crippen molar-refractivity contribution in [3.05, 3.63) is 23.8 Å². The van der Waals surface area contributed by atoms with Crippen molar-refractivity contribution in [1.82, 2.24) is 0 Å².